The first kappa shape index (κ1) is 15.6. The fourth-order valence-corrected chi connectivity index (χ4v) is 3.26. The Bertz CT molecular complexity index is 373. The first-order valence-electron chi connectivity index (χ1n) is 8.51. The van der Waals surface area contributed by atoms with Crippen LogP contribution in [-0.2, 0) is 6.42 Å². The lowest BCUT2D eigenvalue weighted by atomic mass is 9.83. The van der Waals surface area contributed by atoms with E-state index in [9.17, 15) is 0 Å². The van der Waals surface area contributed by atoms with Gasteiger partial charge in [-0.25, -0.2) is 0 Å². The van der Waals surface area contributed by atoms with Crippen LogP contribution in [0.5, 0.6) is 0 Å². The van der Waals surface area contributed by atoms with E-state index in [0.717, 1.165) is 11.8 Å². The second kappa shape index (κ2) is 7.83. The van der Waals surface area contributed by atoms with Crippen LogP contribution in [0, 0.1) is 11.8 Å². The molecule has 0 bridgehead atoms. The van der Waals surface area contributed by atoms with Crippen LogP contribution in [0.1, 0.15) is 70.0 Å². The number of nitrogens with one attached hydrogen (secondary N) is 1. The monoisotopic (exact) mass is 273 g/mol. The highest BCUT2D eigenvalue weighted by Gasteiger charge is 2.18. The number of hydrogen-bond donors (Lipinski definition) is 1. The third-order valence-corrected chi connectivity index (χ3v) is 4.87. The van der Waals surface area contributed by atoms with Crippen molar-refractivity contribution in [2.75, 3.05) is 6.54 Å². The Morgan fingerprint density at radius 1 is 1.10 bits per heavy atom. The van der Waals surface area contributed by atoms with Crippen molar-refractivity contribution in [3.8, 4) is 0 Å². The smallest absolute Gasteiger partial charge is 0.0291 e. The summed E-state index contributed by atoms with van der Waals surface area (Å²) in [7, 11) is 0. The summed E-state index contributed by atoms with van der Waals surface area (Å²) in [6.45, 7) is 8.11. The molecule has 0 radical (unpaired) electrons. The predicted molar refractivity (Wildman–Crippen MR) is 88.0 cm³/mol. The molecule has 0 aliphatic heterocycles. The minimum Gasteiger partial charge on any atom is -0.310 e. The SMILES string of the molecule is CCCc1ccc(C(C)NCC2CCC(C)CC2)cc1. The number of rotatable bonds is 6. The Morgan fingerprint density at radius 3 is 2.35 bits per heavy atom. The molecule has 0 spiro atoms. The van der Waals surface area contributed by atoms with Crippen molar-refractivity contribution in [1.29, 1.82) is 0 Å². The lowest BCUT2D eigenvalue weighted by Gasteiger charge is -2.27. The first-order valence-corrected chi connectivity index (χ1v) is 8.51. The van der Waals surface area contributed by atoms with E-state index in [0.29, 0.717) is 6.04 Å². The summed E-state index contributed by atoms with van der Waals surface area (Å²) in [5.41, 5.74) is 2.89. The molecule has 1 nitrogen and oxygen atoms in total. The predicted octanol–water partition coefficient (Wildman–Crippen LogP) is 5.12. The molecular weight excluding hydrogens is 242 g/mol. The maximum absolute atomic E-state index is 3.73. The molecule has 0 aromatic heterocycles. The number of hydrogen-bond acceptors (Lipinski definition) is 1. The zero-order chi connectivity index (χ0) is 14.4. The van der Waals surface area contributed by atoms with E-state index < -0.39 is 0 Å². The molecule has 1 heteroatoms. The summed E-state index contributed by atoms with van der Waals surface area (Å²) in [6, 6.07) is 9.65. The van der Waals surface area contributed by atoms with Crippen molar-refractivity contribution in [1.82, 2.24) is 5.32 Å². The van der Waals surface area contributed by atoms with Crippen LogP contribution in [-0.4, -0.2) is 6.54 Å². The third kappa shape index (κ3) is 4.63. The Hall–Kier alpha value is -0.820. The van der Waals surface area contributed by atoms with Gasteiger partial charge in [-0.3, -0.25) is 0 Å². The van der Waals surface area contributed by atoms with Gasteiger partial charge in [-0.2, -0.15) is 0 Å². The zero-order valence-corrected chi connectivity index (χ0v) is 13.5. The van der Waals surface area contributed by atoms with E-state index in [4.69, 9.17) is 0 Å². The summed E-state index contributed by atoms with van der Waals surface area (Å²) in [5.74, 6) is 1.85. The minimum absolute atomic E-state index is 0.477. The molecule has 1 aromatic rings. The summed E-state index contributed by atoms with van der Waals surface area (Å²) in [5, 5.41) is 3.73. The van der Waals surface area contributed by atoms with Crippen molar-refractivity contribution < 1.29 is 0 Å². The Kier molecular flexibility index (Phi) is 6.09. The summed E-state index contributed by atoms with van der Waals surface area (Å²) in [4.78, 5) is 0. The van der Waals surface area contributed by atoms with Gasteiger partial charge in [-0.05, 0) is 55.7 Å². The van der Waals surface area contributed by atoms with Gasteiger partial charge < -0.3 is 5.32 Å². The second-order valence-electron chi connectivity index (χ2n) is 6.75. The first-order chi connectivity index (χ1) is 9.69. The molecule has 0 heterocycles. The van der Waals surface area contributed by atoms with Crippen LogP contribution in [0.25, 0.3) is 0 Å². The molecule has 2 rings (SSSR count). The number of benzene rings is 1. The summed E-state index contributed by atoms with van der Waals surface area (Å²) < 4.78 is 0. The molecule has 1 aliphatic carbocycles. The van der Waals surface area contributed by atoms with Gasteiger partial charge in [0.1, 0.15) is 0 Å². The molecule has 20 heavy (non-hydrogen) atoms. The van der Waals surface area contributed by atoms with E-state index in [-0.39, 0.29) is 0 Å². The van der Waals surface area contributed by atoms with E-state index in [1.54, 1.807) is 0 Å². The maximum atomic E-state index is 3.73. The average Bonchev–Trinajstić information content (AvgIpc) is 2.47. The topological polar surface area (TPSA) is 12.0 Å². The fourth-order valence-electron chi connectivity index (χ4n) is 3.26. The van der Waals surface area contributed by atoms with Crippen molar-refractivity contribution in [2.45, 2.75) is 65.3 Å². The molecule has 0 saturated heterocycles. The van der Waals surface area contributed by atoms with E-state index in [2.05, 4.69) is 50.4 Å². The highest BCUT2D eigenvalue weighted by Crippen LogP contribution is 2.28. The van der Waals surface area contributed by atoms with Crippen molar-refractivity contribution in [2.24, 2.45) is 11.8 Å². The van der Waals surface area contributed by atoms with E-state index in [1.165, 1.54) is 56.2 Å². The minimum atomic E-state index is 0.477. The van der Waals surface area contributed by atoms with Gasteiger partial charge in [-0.15, -0.1) is 0 Å². The molecule has 0 amide bonds. The van der Waals surface area contributed by atoms with Gasteiger partial charge in [0.05, 0.1) is 0 Å². The average molecular weight is 273 g/mol. The van der Waals surface area contributed by atoms with Gasteiger partial charge in [0, 0.05) is 6.04 Å². The molecule has 1 aromatic carbocycles. The van der Waals surface area contributed by atoms with Gasteiger partial charge in [0.2, 0.25) is 0 Å². The molecule has 1 fully saturated rings. The van der Waals surface area contributed by atoms with Gasteiger partial charge in [0.25, 0.3) is 0 Å². The lowest BCUT2D eigenvalue weighted by molar-refractivity contribution is 0.276. The zero-order valence-electron chi connectivity index (χ0n) is 13.5. The lowest BCUT2D eigenvalue weighted by Crippen LogP contribution is -2.28. The fraction of sp³-hybridized carbons (Fsp3) is 0.684. The van der Waals surface area contributed by atoms with E-state index >= 15 is 0 Å². The normalized spacial score (nSPS) is 24.6. The Morgan fingerprint density at radius 2 is 1.75 bits per heavy atom. The maximum Gasteiger partial charge on any atom is 0.0291 e. The number of aryl methyl sites for hydroxylation is 1. The Balaban J connectivity index is 1.77. The van der Waals surface area contributed by atoms with Gasteiger partial charge >= 0.3 is 0 Å². The molecular formula is C19H31N. The van der Waals surface area contributed by atoms with Crippen LogP contribution >= 0.6 is 0 Å². The van der Waals surface area contributed by atoms with Crippen LogP contribution < -0.4 is 5.32 Å². The summed E-state index contributed by atoms with van der Waals surface area (Å²) >= 11 is 0. The van der Waals surface area contributed by atoms with Crippen molar-refractivity contribution in [3.05, 3.63) is 35.4 Å². The van der Waals surface area contributed by atoms with Gasteiger partial charge in [0.15, 0.2) is 0 Å². The van der Waals surface area contributed by atoms with Crippen LogP contribution in [0.4, 0.5) is 0 Å². The largest absolute Gasteiger partial charge is 0.310 e. The van der Waals surface area contributed by atoms with Gasteiger partial charge in [-0.1, -0.05) is 57.4 Å². The van der Waals surface area contributed by atoms with Crippen LogP contribution in [0.15, 0.2) is 24.3 Å². The molecule has 1 aliphatic rings. The molecule has 1 N–H and O–H groups in total. The van der Waals surface area contributed by atoms with Crippen molar-refractivity contribution in [3.63, 3.8) is 0 Å². The summed E-state index contributed by atoms with van der Waals surface area (Å²) in [6.07, 6.45) is 8.10. The molecule has 1 saturated carbocycles. The standard InChI is InChI=1S/C19H31N/c1-4-5-17-10-12-19(13-11-17)16(3)20-14-18-8-6-15(2)7-9-18/h10-13,15-16,18,20H,4-9,14H2,1-3H3. The Labute approximate surface area is 125 Å². The highest BCUT2D eigenvalue weighted by molar-refractivity contribution is 5.24. The second-order valence-corrected chi connectivity index (χ2v) is 6.75. The molecule has 1 unspecified atom stereocenters. The van der Waals surface area contributed by atoms with Crippen molar-refractivity contribution >= 4 is 0 Å². The van der Waals surface area contributed by atoms with E-state index in [1.807, 2.05) is 0 Å². The third-order valence-electron chi connectivity index (χ3n) is 4.87. The molecule has 1 atom stereocenters. The van der Waals surface area contributed by atoms with Crippen LogP contribution in [0.3, 0.4) is 0 Å². The van der Waals surface area contributed by atoms with Crippen LogP contribution in [0.2, 0.25) is 0 Å². The molecule has 112 valence electrons. The highest BCUT2D eigenvalue weighted by atomic mass is 14.9. The quantitative estimate of drug-likeness (QED) is 0.759.